The number of hydrogen-bond donors (Lipinski definition) is 2. The predicted molar refractivity (Wildman–Crippen MR) is 90.1 cm³/mol. The highest BCUT2D eigenvalue weighted by Crippen LogP contribution is 2.37. The van der Waals surface area contributed by atoms with Gasteiger partial charge in [0, 0.05) is 17.8 Å². The summed E-state index contributed by atoms with van der Waals surface area (Å²) >= 11 is 1.89. The normalized spacial score (nSPS) is 17.2. The maximum atomic E-state index is 12.3. The fraction of sp³-hybridized carbons (Fsp3) is 0.625. The third-order valence-electron chi connectivity index (χ3n) is 4.11. The lowest BCUT2D eigenvalue weighted by Crippen LogP contribution is -2.42. The van der Waals surface area contributed by atoms with Gasteiger partial charge in [0.2, 0.25) is 0 Å². The molecule has 0 aromatic carbocycles. The van der Waals surface area contributed by atoms with Crippen LogP contribution in [0.3, 0.4) is 0 Å². The van der Waals surface area contributed by atoms with Crippen LogP contribution >= 0.6 is 11.8 Å². The van der Waals surface area contributed by atoms with E-state index in [2.05, 4.69) is 21.9 Å². The summed E-state index contributed by atoms with van der Waals surface area (Å²) in [5, 5.41) is 6.21. The number of amides is 1. The number of hydrogen-bond acceptors (Lipinski definition) is 4. The Hall–Kier alpha value is -1.23. The molecule has 1 aliphatic rings. The van der Waals surface area contributed by atoms with Gasteiger partial charge in [-0.25, -0.2) is 4.98 Å². The summed E-state index contributed by atoms with van der Waals surface area (Å²) < 4.78 is 0.215. The molecule has 1 aromatic heterocycles. The van der Waals surface area contributed by atoms with E-state index < -0.39 is 0 Å². The average molecular weight is 307 g/mol. The standard InChI is InChI=1S/C16H25N3OS/c1-3-17-14-9-7-8-13(19-14)15(20)18-12-16(21-2)10-5-4-6-11-16/h7-9H,3-6,10-12H2,1-2H3,(H,17,19)(H,18,20). The van der Waals surface area contributed by atoms with Crippen molar-refractivity contribution in [2.24, 2.45) is 0 Å². The lowest BCUT2D eigenvalue weighted by Gasteiger charge is -2.35. The van der Waals surface area contributed by atoms with Crippen LogP contribution in [0.5, 0.6) is 0 Å². The summed E-state index contributed by atoms with van der Waals surface area (Å²) in [4.78, 5) is 16.6. The first-order valence-electron chi connectivity index (χ1n) is 7.73. The van der Waals surface area contributed by atoms with Gasteiger partial charge in [0.1, 0.15) is 11.5 Å². The van der Waals surface area contributed by atoms with Crippen LogP contribution in [-0.2, 0) is 0 Å². The molecular formula is C16H25N3OS. The summed E-state index contributed by atoms with van der Waals surface area (Å²) in [6, 6.07) is 5.51. The molecule has 2 N–H and O–H groups in total. The molecule has 0 aliphatic heterocycles. The fourth-order valence-electron chi connectivity index (χ4n) is 2.82. The Labute approximate surface area is 131 Å². The summed E-state index contributed by atoms with van der Waals surface area (Å²) in [5.41, 5.74) is 0.487. The van der Waals surface area contributed by atoms with Crippen molar-refractivity contribution in [2.75, 3.05) is 24.7 Å². The monoisotopic (exact) mass is 307 g/mol. The molecule has 1 saturated carbocycles. The Morgan fingerprint density at radius 3 is 2.76 bits per heavy atom. The quantitative estimate of drug-likeness (QED) is 0.846. The van der Waals surface area contributed by atoms with E-state index in [-0.39, 0.29) is 10.7 Å². The maximum Gasteiger partial charge on any atom is 0.270 e. The number of rotatable bonds is 6. The third kappa shape index (κ3) is 4.37. The molecular weight excluding hydrogens is 282 g/mol. The van der Waals surface area contributed by atoms with Crippen LogP contribution in [0.1, 0.15) is 49.5 Å². The molecule has 116 valence electrons. The van der Waals surface area contributed by atoms with Crippen molar-refractivity contribution in [2.45, 2.75) is 43.8 Å². The van der Waals surface area contributed by atoms with E-state index >= 15 is 0 Å². The highest BCUT2D eigenvalue weighted by atomic mass is 32.2. The minimum absolute atomic E-state index is 0.0752. The van der Waals surface area contributed by atoms with E-state index in [0.717, 1.165) is 18.9 Å². The lowest BCUT2D eigenvalue weighted by atomic mass is 9.88. The van der Waals surface area contributed by atoms with Crippen molar-refractivity contribution < 1.29 is 4.79 Å². The van der Waals surface area contributed by atoms with Gasteiger partial charge in [-0.05, 0) is 38.2 Å². The number of nitrogens with one attached hydrogen (secondary N) is 2. The van der Waals surface area contributed by atoms with Crippen molar-refractivity contribution >= 4 is 23.5 Å². The highest BCUT2D eigenvalue weighted by Gasteiger charge is 2.31. The fourth-order valence-corrected chi connectivity index (χ4v) is 3.74. The summed E-state index contributed by atoms with van der Waals surface area (Å²) in [6.07, 6.45) is 8.40. The Morgan fingerprint density at radius 2 is 2.10 bits per heavy atom. The Kier molecular flexibility index (Phi) is 5.91. The minimum Gasteiger partial charge on any atom is -0.370 e. The van der Waals surface area contributed by atoms with Gasteiger partial charge in [0.25, 0.3) is 5.91 Å². The smallest absolute Gasteiger partial charge is 0.270 e. The highest BCUT2D eigenvalue weighted by molar-refractivity contribution is 8.00. The zero-order valence-corrected chi connectivity index (χ0v) is 13.8. The lowest BCUT2D eigenvalue weighted by molar-refractivity contribution is 0.0942. The molecule has 0 bridgehead atoms. The maximum absolute atomic E-state index is 12.3. The molecule has 1 amide bonds. The van der Waals surface area contributed by atoms with Crippen LogP contribution in [0.2, 0.25) is 0 Å². The van der Waals surface area contributed by atoms with E-state index in [4.69, 9.17) is 0 Å². The van der Waals surface area contributed by atoms with Gasteiger partial charge >= 0.3 is 0 Å². The van der Waals surface area contributed by atoms with E-state index in [9.17, 15) is 4.79 Å². The van der Waals surface area contributed by atoms with Crippen LogP contribution < -0.4 is 10.6 Å². The molecule has 0 radical (unpaired) electrons. The molecule has 1 aromatic rings. The van der Waals surface area contributed by atoms with Crippen molar-refractivity contribution in [3.8, 4) is 0 Å². The summed E-state index contributed by atoms with van der Waals surface area (Å²) in [7, 11) is 0. The van der Waals surface area contributed by atoms with E-state index in [1.165, 1.54) is 32.1 Å². The molecule has 0 spiro atoms. The second-order valence-corrected chi connectivity index (χ2v) is 6.84. The van der Waals surface area contributed by atoms with Crippen LogP contribution in [0.4, 0.5) is 5.82 Å². The summed E-state index contributed by atoms with van der Waals surface area (Å²) in [6.45, 7) is 3.55. The number of thioether (sulfide) groups is 1. The zero-order valence-electron chi connectivity index (χ0n) is 12.9. The minimum atomic E-state index is -0.0752. The molecule has 1 fully saturated rings. The molecule has 1 heterocycles. The molecule has 0 saturated heterocycles. The first-order chi connectivity index (χ1) is 10.2. The molecule has 0 atom stereocenters. The molecule has 21 heavy (non-hydrogen) atoms. The van der Waals surface area contributed by atoms with Gasteiger partial charge in [0.15, 0.2) is 0 Å². The SMILES string of the molecule is CCNc1cccc(C(=O)NCC2(SC)CCCCC2)n1. The molecule has 5 heteroatoms. The van der Waals surface area contributed by atoms with Crippen LogP contribution in [-0.4, -0.2) is 35.0 Å². The number of carbonyl (C=O) groups excluding carboxylic acids is 1. The van der Waals surface area contributed by atoms with Gasteiger partial charge in [-0.3, -0.25) is 4.79 Å². The number of carbonyl (C=O) groups is 1. The van der Waals surface area contributed by atoms with E-state index in [0.29, 0.717) is 5.69 Å². The first kappa shape index (κ1) is 16.1. The third-order valence-corrected chi connectivity index (χ3v) is 5.53. The number of anilines is 1. The van der Waals surface area contributed by atoms with Crippen molar-refractivity contribution in [3.05, 3.63) is 23.9 Å². The second-order valence-electron chi connectivity index (χ2n) is 5.57. The van der Waals surface area contributed by atoms with Crippen LogP contribution in [0.25, 0.3) is 0 Å². The average Bonchev–Trinajstić information content (AvgIpc) is 2.54. The van der Waals surface area contributed by atoms with Gasteiger partial charge in [-0.1, -0.05) is 25.3 Å². The second kappa shape index (κ2) is 7.69. The van der Waals surface area contributed by atoms with Gasteiger partial charge in [-0.15, -0.1) is 0 Å². The van der Waals surface area contributed by atoms with Crippen LogP contribution in [0.15, 0.2) is 18.2 Å². The first-order valence-corrected chi connectivity index (χ1v) is 8.96. The van der Waals surface area contributed by atoms with Crippen LogP contribution in [0, 0.1) is 0 Å². The molecule has 4 nitrogen and oxygen atoms in total. The predicted octanol–water partition coefficient (Wildman–Crippen LogP) is 3.31. The Balaban J connectivity index is 1.96. The molecule has 1 aliphatic carbocycles. The topological polar surface area (TPSA) is 54.0 Å². The number of aromatic nitrogens is 1. The zero-order chi connectivity index (χ0) is 15.1. The Morgan fingerprint density at radius 1 is 1.33 bits per heavy atom. The van der Waals surface area contributed by atoms with E-state index in [1.54, 1.807) is 6.07 Å². The summed E-state index contributed by atoms with van der Waals surface area (Å²) in [5.74, 6) is 0.677. The van der Waals surface area contributed by atoms with Crippen molar-refractivity contribution in [3.63, 3.8) is 0 Å². The van der Waals surface area contributed by atoms with Crippen molar-refractivity contribution in [1.82, 2.24) is 10.3 Å². The largest absolute Gasteiger partial charge is 0.370 e. The number of pyridine rings is 1. The van der Waals surface area contributed by atoms with Gasteiger partial charge in [-0.2, -0.15) is 11.8 Å². The molecule has 2 rings (SSSR count). The Bertz CT molecular complexity index is 472. The van der Waals surface area contributed by atoms with Gasteiger partial charge in [0.05, 0.1) is 0 Å². The van der Waals surface area contributed by atoms with Crippen molar-refractivity contribution in [1.29, 1.82) is 0 Å². The molecule has 0 unspecified atom stereocenters. The van der Waals surface area contributed by atoms with Gasteiger partial charge < -0.3 is 10.6 Å². The van der Waals surface area contributed by atoms with E-state index in [1.807, 2.05) is 30.8 Å². The number of nitrogens with zero attached hydrogens (tertiary/aromatic N) is 1.